The smallest absolute Gasteiger partial charge is 0.387 e. The molecule has 1 aromatic carbocycles. The minimum Gasteiger partial charge on any atom is -0.493 e. The molecule has 0 aromatic heterocycles. The zero-order valence-electron chi connectivity index (χ0n) is 16.2. The van der Waals surface area contributed by atoms with Crippen LogP contribution in [0.15, 0.2) is 23.2 Å². The first-order valence-corrected chi connectivity index (χ1v) is 8.72. The van der Waals surface area contributed by atoms with E-state index in [1.807, 2.05) is 6.92 Å². The molecular weight excluding hydrogens is 358 g/mol. The molecule has 0 heterocycles. The van der Waals surface area contributed by atoms with E-state index in [2.05, 4.69) is 20.4 Å². The lowest BCUT2D eigenvalue weighted by atomic mass is 10.2. The molecule has 1 amide bonds. The maximum atomic E-state index is 12.7. The predicted octanol–water partition coefficient (Wildman–Crippen LogP) is 2.22. The van der Waals surface area contributed by atoms with Crippen molar-refractivity contribution >= 4 is 11.9 Å². The van der Waals surface area contributed by atoms with Crippen molar-refractivity contribution in [3.63, 3.8) is 0 Å². The number of rotatable bonds is 10. The number of nitrogens with zero attached hydrogens (tertiary/aromatic N) is 2. The number of benzene rings is 1. The summed E-state index contributed by atoms with van der Waals surface area (Å²) in [7, 11) is 4.96. The van der Waals surface area contributed by atoms with Crippen LogP contribution in [0.1, 0.15) is 25.3 Å². The van der Waals surface area contributed by atoms with Crippen LogP contribution in [-0.2, 0) is 11.3 Å². The summed E-state index contributed by atoms with van der Waals surface area (Å²) in [5, 5.41) is 6.02. The normalized spacial score (nSPS) is 11.3. The first kappa shape index (κ1) is 22.5. The van der Waals surface area contributed by atoms with E-state index in [4.69, 9.17) is 4.74 Å². The van der Waals surface area contributed by atoms with Crippen LogP contribution in [0, 0.1) is 0 Å². The standard InChI is InChI=1S/C18H28F2N4O3/c1-5-10-26-14-7-6-13(15(11-14)27-17(19)20)12-23-18(21-2)22-9-8-16(25)24(3)4/h6-7,11,17H,5,8-10,12H2,1-4H3,(H2,21,22,23). The van der Waals surface area contributed by atoms with Crippen LogP contribution in [0.25, 0.3) is 0 Å². The number of hydrogen-bond acceptors (Lipinski definition) is 4. The van der Waals surface area contributed by atoms with Crippen LogP contribution in [0.4, 0.5) is 8.78 Å². The highest BCUT2D eigenvalue weighted by Crippen LogP contribution is 2.26. The highest BCUT2D eigenvalue weighted by atomic mass is 19.3. The van der Waals surface area contributed by atoms with E-state index in [9.17, 15) is 13.6 Å². The Hall–Kier alpha value is -2.58. The van der Waals surface area contributed by atoms with Crippen LogP contribution in [-0.4, -0.2) is 57.7 Å². The number of carbonyl (C=O) groups excluding carboxylic acids is 1. The van der Waals surface area contributed by atoms with Crippen molar-refractivity contribution in [3.8, 4) is 11.5 Å². The zero-order valence-corrected chi connectivity index (χ0v) is 16.2. The Kier molecular flexibility index (Phi) is 9.92. The fourth-order valence-corrected chi connectivity index (χ4v) is 2.11. The average Bonchev–Trinajstić information content (AvgIpc) is 2.63. The van der Waals surface area contributed by atoms with Gasteiger partial charge in [-0.1, -0.05) is 6.92 Å². The first-order valence-electron chi connectivity index (χ1n) is 8.72. The minimum atomic E-state index is -2.93. The summed E-state index contributed by atoms with van der Waals surface area (Å²) in [4.78, 5) is 17.1. The molecule has 0 fully saturated rings. The predicted molar refractivity (Wildman–Crippen MR) is 100 cm³/mol. The summed E-state index contributed by atoms with van der Waals surface area (Å²) < 4.78 is 35.5. The van der Waals surface area contributed by atoms with Crippen LogP contribution < -0.4 is 20.1 Å². The largest absolute Gasteiger partial charge is 0.493 e. The van der Waals surface area contributed by atoms with Crippen molar-refractivity contribution in [3.05, 3.63) is 23.8 Å². The second-order valence-electron chi connectivity index (χ2n) is 5.89. The lowest BCUT2D eigenvalue weighted by Crippen LogP contribution is -2.38. The van der Waals surface area contributed by atoms with E-state index >= 15 is 0 Å². The summed E-state index contributed by atoms with van der Waals surface area (Å²) in [5.74, 6) is 0.967. The number of carbonyl (C=O) groups is 1. The first-order chi connectivity index (χ1) is 12.9. The molecule has 1 aromatic rings. The minimum absolute atomic E-state index is 0.00626. The van der Waals surface area contributed by atoms with Gasteiger partial charge in [-0.25, -0.2) is 0 Å². The Morgan fingerprint density at radius 1 is 1.30 bits per heavy atom. The van der Waals surface area contributed by atoms with Crippen molar-refractivity contribution < 1.29 is 23.0 Å². The Morgan fingerprint density at radius 2 is 2.04 bits per heavy atom. The molecule has 0 spiro atoms. The van der Waals surface area contributed by atoms with Crippen LogP contribution >= 0.6 is 0 Å². The van der Waals surface area contributed by atoms with Crippen LogP contribution in [0.2, 0.25) is 0 Å². The van der Waals surface area contributed by atoms with E-state index < -0.39 is 6.61 Å². The van der Waals surface area contributed by atoms with Gasteiger partial charge >= 0.3 is 6.61 Å². The highest BCUT2D eigenvalue weighted by molar-refractivity contribution is 5.81. The lowest BCUT2D eigenvalue weighted by molar-refractivity contribution is -0.128. The quantitative estimate of drug-likeness (QED) is 0.476. The van der Waals surface area contributed by atoms with Crippen LogP contribution in [0.3, 0.4) is 0 Å². The third-order valence-electron chi connectivity index (χ3n) is 3.53. The van der Waals surface area contributed by atoms with Crippen molar-refractivity contribution in [1.29, 1.82) is 0 Å². The summed E-state index contributed by atoms with van der Waals surface area (Å²) >= 11 is 0. The molecule has 0 saturated carbocycles. The van der Waals surface area contributed by atoms with Gasteiger partial charge in [-0.15, -0.1) is 0 Å². The van der Waals surface area contributed by atoms with E-state index in [0.29, 0.717) is 36.8 Å². The molecule has 0 aliphatic heterocycles. The Morgan fingerprint density at radius 3 is 2.63 bits per heavy atom. The third kappa shape index (κ3) is 8.57. The van der Waals surface area contributed by atoms with Gasteiger partial charge in [0.25, 0.3) is 0 Å². The summed E-state index contributed by atoms with van der Waals surface area (Å²) in [6, 6.07) is 4.82. The Balaban J connectivity index is 2.68. The molecular formula is C18H28F2N4O3. The second kappa shape index (κ2) is 11.9. The Labute approximate surface area is 158 Å². The fourth-order valence-electron chi connectivity index (χ4n) is 2.11. The average molecular weight is 386 g/mol. The highest BCUT2D eigenvalue weighted by Gasteiger charge is 2.12. The summed E-state index contributed by atoms with van der Waals surface area (Å²) in [5.41, 5.74) is 0.534. The molecule has 0 aliphatic rings. The van der Waals surface area contributed by atoms with E-state index in [0.717, 1.165) is 6.42 Å². The maximum absolute atomic E-state index is 12.7. The van der Waals surface area contributed by atoms with Gasteiger partial charge in [0, 0.05) is 52.3 Å². The van der Waals surface area contributed by atoms with Gasteiger partial charge < -0.3 is 25.0 Å². The number of amides is 1. The molecule has 2 N–H and O–H groups in total. The van der Waals surface area contributed by atoms with Gasteiger partial charge in [-0.05, 0) is 18.6 Å². The molecule has 0 aliphatic carbocycles. The molecule has 0 saturated heterocycles. The topological polar surface area (TPSA) is 75.2 Å². The monoisotopic (exact) mass is 386 g/mol. The molecule has 27 heavy (non-hydrogen) atoms. The molecule has 0 atom stereocenters. The van der Waals surface area contributed by atoms with Gasteiger partial charge in [-0.2, -0.15) is 8.78 Å². The number of guanidine groups is 1. The molecule has 0 radical (unpaired) electrons. The number of hydrogen-bond donors (Lipinski definition) is 2. The summed E-state index contributed by atoms with van der Waals surface area (Å²) in [6.45, 7) is 0.144. The zero-order chi connectivity index (χ0) is 20.2. The van der Waals surface area contributed by atoms with Gasteiger partial charge in [-0.3, -0.25) is 9.79 Å². The van der Waals surface area contributed by atoms with Crippen molar-refractivity contribution in [2.24, 2.45) is 4.99 Å². The van der Waals surface area contributed by atoms with E-state index in [-0.39, 0.29) is 18.2 Å². The number of nitrogens with one attached hydrogen (secondary N) is 2. The molecule has 9 heteroatoms. The van der Waals surface area contributed by atoms with Gasteiger partial charge in [0.1, 0.15) is 11.5 Å². The SMILES string of the molecule is CCCOc1ccc(CNC(=NC)NCCC(=O)N(C)C)c(OC(F)F)c1. The number of ether oxygens (including phenoxy) is 2. The fraction of sp³-hybridized carbons (Fsp3) is 0.556. The number of alkyl halides is 2. The second-order valence-corrected chi connectivity index (χ2v) is 5.89. The molecule has 0 bridgehead atoms. The lowest BCUT2D eigenvalue weighted by Gasteiger charge is -2.16. The summed E-state index contributed by atoms with van der Waals surface area (Å²) in [6.07, 6.45) is 1.13. The van der Waals surface area contributed by atoms with Crippen molar-refractivity contribution in [2.75, 3.05) is 34.3 Å². The van der Waals surface area contributed by atoms with Gasteiger partial charge in [0.15, 0.2) is 5.96 Å². The van der Waals surface area contributed by atoms with Crippen LogP contribution in [0.5, 0.6) is 11.5 Å². The molecule has 0 unspecified atom stereocenters. The molecule has 152 valence electrons. The van der Waals surface area contributed by atoms with Gasteiger partial charge in [0.05, 0.1) is 6.61 Å². The van der Waals surface area contributed by atoms with E-state index in [1.165, 1.54) is 11.0 Å². The molecule has 7 nitrogen and oxygen atoms in total. The molecule has 1 rings (SSSR count). The van der Waals surface area contributed by atoms with Crippen molar-refractivity contribution in [2.45, 2.75) is 32.9 Å². The number of halogens is 2. The Bertz CT molecular complexity index is 625. The number of aliphatic imine (C=N–C) groups is 1. The van der Waals surface area contributed by atoms with Gasteiger partial charge in [0.2, 0.25) is 5.91 Å². The van der Waals surface area contributed by atoms with Crippen molar-refractivity contribution in [1.82, 2.24) is 15.5 Å². The third-order valence-corrected chi connectivity index (χ3v) is 3.53. The maximum Gasteiger partial charge on any atom is 0.387 e. The van der Waals surface area contributed by atoms with E-state index in [1.54, 1.807) is 33.3 Å².